The van der Waals surface area contributed by atoms with E-state index in [1.165, 1.54) is 11.8 Å². The van der Waals surface area contributed by atoms with E-state index >= 15 is 0 Å². The fraction of sp³-hybridized carbons (Fsp3) is 0.0833. The molecule has 0 atom stereocenters. The van der Waals surface area contributed by atoms with Crippen LogP contribution in [0.25, 0.3) is 10.6 Å². The molecule has 0 unspecified atom stereocenters. The molecular weight excluding hydrogens is 288 g/mol. The Morgan fingerprint density at radius 1 is 1.39 bits per heavy atom. The lowest BCUT2D eigenvalue weighted by atomic mass is 10.2. The molecule has 90 valence electrons. The lowest BCUT2D eigenvalue weighted by molar-refractivity contribution is 1.14. The molecule has 0 aliphatic carbocycles. The van der Waals surface area contributed by atoms with Crippen molar-refractivity contribution in [1.82, 2.24) is 4.98 Å². The standard InChI is InChI=1S/C12H7ClN2OS2/c1-17-11-9(6-14)12(16)18-10(15-11)7-2-4-8(13)5-3-7/h2-5H,1H3. The second kappa shape index (κ2) is 5.53. The highest BCUT2D eigenvalue weighted by Gasteiger charge is 2.12. The van der Waals surface area contributed by atoms with Gasteiger partial charge in [-0.2, -0.15) is 5.26 Å². The van der Waals surface area contributed by atoms with Gasteiger partial charge in [0.2, 0.25) is 0 Å². The number of benzene rings is 1. The molecule has 18 heavy (non-hydrogen) atoms. The van der Waals surface area contributed by atoms with Crippen molar-refractivity contribution >= 4 is 34.7 Å². The van der Waals surface area contributed by atoms with Gasteiger partial charge < -0.3 is 0 Å². The van der Waals surface area contributed by atoms with Crippen molar-refractivity contribution in [2.24, 2.45) is 0 Å². The second-order valence-corrected chi connectivity index (χ2v) is 5.50. The third kappa shape index (κ3) is 2.56. The number of hydrogen-bond acceptors (Lipinski definition) is 5. The maximum absolute atomic E-state index is 11.8. The molecule has 0 N–H and O–H groups in total. The predicted molar refractivity (Wildman–Crippen MR) is 75.3 cm³/mol. The zero-order valence-corrected chi connectivity index (χ0v) is 11.7. The summed E-state index contributed by atoms with van der Waals surface area (Å²) >= 11 is 8.08. The largest absolute Gasteiger partial charge is 0.276 e. The highest BCUT2D eigenvalue weighted by atomic mass is 35.5. The average Bonchev–Trinajstić information content (AvgIpc) is 2.38. The number of aromatic nitrogens is 1. The molecular formula is C12H7ClN2OS2. The summed E-state index contributed by atoms with van der Waals surface area (Å²) in [6, 6.07) is 8.99. The molecule has 6 heteroatoms. The maximum atomic E-state index is 11.8. The first kappa shape index (κ1) is 13.1. The third-order valence-electron chi connectivity index (χ3n) is 2.21. The van der Waals surface area contributed by atoms with Crippen molar-refractivity contribution in [1.29, 1.82) is 5.26 Å². The molecule has 2 rings (SSSR count). The number of nitrogens with zero attached hydrogens (tertiary/aromatic N) is 2. The molecule has 2 aromatic rings. The van der Waals surface area contributed by atoms with Gasteiger partial charge >= 0.3 is 0 Å². The summed E-state index contributed by atoms with van der Waals surface area (Å²) in [5.41, 5.74) is 0.937. The van der Waals surface area contributed by atoms with Crippen LogP contribution in [0, 0.1) is 11.3 Å². The second-order valence-electron chi connectivity index (χ2n) is 3.31. The predicted octanol–water partition coefficient (Wildman–Crippen LogP) is 3.42. The SMILES string of the molecule is CSc1nc(-c2ccc(Cl)cc2)sc(=O)c1C#N. The zero-order valence-electron chi connectivity index (χ0n) is 9.31. The van der Waals surface area contributed by atoms with Gasteiger partial charge in [-0.1, -0.05) is 35.1 Å². The first-order chi connectivity index (χ1) is 8.65. The molecule has 0 radical (unpaired) electrons. The van der Waals surface area contributed by atoms with Gasteiger partial charge in [-0.25, -0.2) is 4.98 Å². The summed E-state index contributed by atoms with van der Waals surface area (Å²) in [5, 5.41) is 10.6. The highest BCUT2D eigenvalue weighted by molar-refractivity contribution is 7.98. The highest BCUT2D eigenvalue weighted by Crippen LogP contribution is 2.25. The van der Waals surface area contributed by atoms with Crippen molar-refractivity contribution in [3.63, 3.8) is 0 Å². The van der Waals surface area contributed by atoms with E-state index in [2.05, 4.69) is 4.98 Å². The monoisotopic (exact) mass is 294 g/mol. The summed E-state index contributed by atoms with van der Waals surface area (Å²) < 4.78 is -0.262. The zero-order chi connectivity index (χ0) is 13.1. The molecule has 0 bridgehead atoms. The van der Waals surface area contributed by atoms with Gasteiger partial charge in [0.25, 0.3) is 4.74 Å². The molecule has 1 aromatic carbocycles. The van der Waals surface area contributed by atoms with Crippen molar-refractivity contribution in [2.45, 2.75) is 5.03 Å². The van der Waals surface area contributed by atoms with Crippen LogP contribution in [0.5, 0.6) is 0 Å². The molecule has 0 saturated carbocycles. The van der Waals surface area contributed by atoms with Crippen LogP contribution < -0.4 is 4.74 Å². The quantitative estimate of drug-likeness (QED) is 0.796. The summed E-state index contributed by atoms with van der Waals surface area (Å²) in [6.07, 6.45) is 1.79. The Morgan fingerprint density at radius 2 is 2.06 bits per heavy atom. The first-order valence-corrected chi connectivity index (χ1v) is 7.33. The van der Waals surface area contributed by atoms with Crippen molar-refractivity contribution in [2.75, 3.05) is 6.26 Å². The number of thioether (sulfide) groups is 1. The minimum absolute atomic E-state index is 0.116. The molecule has 0 aliphatic heterocycles. The van der Waals surface area contributed by atoms with E-state index in [1.807, 2.05) is 6.07 Å². The molecule has 1 heterocycles. The van der Waals surface area contributed by atoms with Crippen molar-refractivity contribution in [3.8, 4) is 16.6 Å². The molecule has 0 aliphatic rings. The molecule has 0 spiro atoms. The minimum atomic E-state index is -0.262. The van der Waals surface area contributed by atoms with Crippen LogP contribution in [0.3, 0.4) is 0 Å². The van der Waals surface area contributed by atoms with Gasteiger partial charge in [-0.05, 0) is 18.4 Å². The molecule has 0 amide bonds. The number of hydrogen-bond donors (Lipinski definition) is 0. The van der Waals surface area contributed by atoms with E-state index in [4.69, 9.17) is 16.9 Å². The molecule has 3 nitrogen and oxygen atoms in total. The lowest BCUT2D eigenvalue weighted by Crippen LogP contribution is -2.05. The van der Waals surface area contributed by atoms with Gasteiger partial charge in [0.1, 0.15) is 21.7 Å². The number of nitriles is 1. The first-order valence-electron chi connectivity index (χ1n) is 4.91. The minimum Gasteiger partial charge on any atom is -0.276 e. The van der Waals surface area contributed by atoms with Crippen molar-refractivity contribution < 1.29 is 0 Å². The summed E-state index contributed by atoms with van der Waals surface area (Å²) in [5.74, 6) is 0. The van der Waals surface area contributed by atoms with Gasteiger partial charge in [0.15, 0.2) is 0 Å². The van der Waals surface area contributed by atoms with E-state index in [1.54, 1.807) is 30.5 Å². The Labute approximate surface area is 117 Å². The number of halogens is 1. The van der Waals surface area contributed by atoms with Gasteiger partial charge in [-0.15, -0.1) is 11.8 Å². The summed E-state index contributed by atoms with van der Waals surface area (Å²) in [7, 11) is 0. The number of rotatable bonds is 2. The van der Waals surface area contributed by atoms with Crippen LogP contribution in [0.15, 0.2) is 34.1 Å². The van der Waals surface area contributed by atoms with Crippen LogP contribution in [0.4, 0.5) is 0 Å². The van der Waals surface area contributed by atoms with E-state index < -0.39 is 0 Å². The third-order valence-corrected chi connectivity index (χ3v) is 4.05. The fourth-order valence-electron chi connectivity index (χ4n) is 1.35. The van der Waals surface area contributed by atoms with E-state index in [0.29, 0.717) is 15.1 Å². The van der Waals surface area contributed by atoms with E-state index in [-0.39, 0.29) is 10.3 Å². The van der Waals surface area contributed by atoms with Crippen LogP contribution in [0.1, 0.15) is 5.56 Å². The molecule has 0 fully saturated rings. The van der Waals surface area contributed by atoms with Crippen LogP contribution in [0.2, 0.25) is 5.02 Å². The average molecular weight is 295 g/mol. The molecule has 1 aromatic heterocycles. The smallest absolute Gasteiger partial charge is 0.254 e. The normalized spacial score (nSPS) is 10.1. The van der Waals surface area contributed by atoms with Crippen LogP contribution in [-0.4, -0.2) is 11.2 Å². The topological polar surface area (TPSA) is 53.8 Å². The summed E-state index contributed by atoms with van der Waals surface area (Å²) in [6.45, 7) is 0. The Balaban J connectivity index is 2.60. The Bertz CT molecular complexity index is 674. The van der Waals surface area contributed by atoms with Gasteiger partial charge in [-0.3, -0.25) is 4.79 Å². The van der Waals surface area contributed by atoms with Crippen LogP contribution >= 0.6 is 34.7 Å². The van der Waals surface area contributed by atoms with E-state index in [9.17, 15) is 4.79 Å². The maximum Gasteiger partial charge on any atom is 0.254 e. The summed E-state index contributed by atoms with van der Waals surface area (Å²) in [4.78, 5) is 16.1. The van der Waals surface area contributed by atoms with Crippen molar-refractivity contribution in [3.05, 3.63) is 44.4 Å². The lowest BCUT2D eigenvalue weighted by Gasteiger charge is -2.03. The fourth-order valence-corrected chi connectivity index (χ4v) is 2.94. The van der Waals surface area contributed by atoms with Gasteiger partial charge in [0, 0.05) is 10.6 Å². The Kier molecular flexibility index (Phi) is 4.02. The molecule has 0 saturated heterocycles. The Morgan fingerprint density at radius 3 is 2.61 bits per heavy atom. The van der Waals surface area contributed by atoms with E-state index in [0.717, 1.165) is 16.9 Å². The Hall–Kier alpha value is -1.35. The van der Waals surface area contributed by atoms with Crippen LogP contribution in [-0.2, 0) is 0 Å². The van der Waals surface area contributed by atoms with Gasteiger partial charge in [0.05, 0.1) is 0 Å².